The zero-order valence-corrected chi connectivity index (χ0v) is 10.8. The van der Waals surface area contributed by atoms with Crippen molar-refractivity contribution in [1.82, 2.24) is 9.80 Å². The Morgan fingerprint density at radius 3 is 2.50 bits per heavy atom. The van der Waals surface area contributed by atoms with Crippen molar-refractivity contribution in [2.24, 2.45) is 5.73 Å². The summed E-state index contributed by atoms with van der Waals surface area (Å²) in [5, 5.41) is 0. The number of morpholine rings is 1. The van der Waals surface area contributed by atoms with E-state index in [9.17, 15) is 0 Å². The molecule has 0 aliphatic carbocycles. The maximum Gasteiger partial charge on any atom is 0.0753 e. The van der Waals surface area contributed by atoms with Crippen LogP contribution in [-0.2, 0) is 4.74 Å². The Morgan fingerprint density at radius 2 is 2.00 bits per heavy atom. The second-order valence-corrected chi connectivity index (χ2v) is 5.95. The summed E-state index contributed by atoms with van der Waals surface area (Å²) in [5.74, 6) is 0. The third-order valence-electron chi connectivity index (χ3n) is 4.00. The number of hydrogen-bond donors (Lipinski definition) is 1. The van der Waals surface area contributed by atoms with E-state index < -0.39 is 0 Å². The van der Waals surface area contributed by atoms with Gasteiger partial charge >= 0.3 is 0 Å². The molecule has 2 N–H and O–H groups in total. The van der Waals surface area contributed by atoms with Crippen LogP contribution in [0.1, 0.15) is 20.3 Å². The Kier molecular flexibility index (Phi) is 3.27. The van der Waals surface area contributed by atoms with Crippen molar-refractivity contribution in [2.45, 2.75) is 31.4 Å². The third kappa shape index (κ3) is 2.25. The van der Waals surface area contributed by atoms with Gasteiger partial charge in [0.25, 0.3) is 0 Å². The predicted molar refractivity (Wildman–Crippen MR) is 65.5 cm³/mol. The third-order valence-corrected chi connectivity index (χ3v) is 4.00. The van der Waals surface area contributed by atoms with Crippen LogP contribution in [0.5, 0.6) is 0 Å². The van der Waals surface area contributed by atoms with Crippen LogP contribution in [0.4, 0.5) is 0 Å². The lowest BCUT2D eigenvalue weighted by Gasteiger charge is -2.47. The van der Waals surface area contributed by atoms with Crippen molar-refractivity contribution in [3.05, 3.63) is 0 Å². The van der Waals surface area contributed by atoms with E-state index in [2.05, 4.69) is 30.7 Å². The van der Waals surface area contributed by atoms with Gasteiger partial charge in [-0.25, -0.2) is 0 Å². The molecule has 0 radical (unpaired) electrons. The molecule has 0 amide bonds. The first-order valence-corrected chi connectivity index (χ1v) is 6.25. The van der Waals surface area contributed by atoms with E-state index in [1.165, 1.54) is 6.42 Å². The predicted octanol–water partition coefficient (Wildman–Crippen LogP) is 0.130. The molecule has 2 aliphatic heterocycles. The van der Waals surface area contributed by atoms with Crippen molar-refractivity contribution in [3.63, 3.8) is 0 Å². The van der Waals surface area contributed by atoms with E-state index in [1.54, 1.807) is 0 Å². The van der Waals surface area contributed by atoms with E-state index in [1.807, 2.05) is 0 Å². The molecule has 0 bridgehead atoms. The zero-order valence-electron chi connectivity index (χ0n) is 10.8. The second-order valence-electron chi connectivity index (χ2n) is 5.95. The first-order valence-electron chi connectivity index (χ1n) is 6.25. The molecule has 4 heteroatoms. The van der Waals surface area contributed by atoms with Crippen LogP contribution in [0.15, 0.2) is 0 Å². The number of likely N-dealkylation sites (tertiary alicyclic amines) is 1. The molecular weight excluding hydrogens is 202 g/mol. The summed E-state index contributed by atoms with van der Waals surface area (Å²) >= 11 is 0. The Balaban J connectivity index is 2.09. The molecule has 2 fully saturated rings. The Hall–Kier alpha value is -0.160. The number of nitrogens with zero attached hydrogens (tertiary/aromatic N) is 2. The number of hydrogen-bond acceptors (Lipinski definition) is 4. The summed E-state index contributed by atoms with van der Waals surface area (Å²) in [6.45, 7) is 10.2. The summed E-state index contributed by atoms with van der Waals surface area (Å²) in [4.78, 5) is 4.94. The molecule has 0 aromatic carbocycles. The van der Waals surface area contributed by atoms with Gasteiger partial charge in [0.1, 0.15) is 0 Å². The Bertz CT molecular complexity index is 257. The van der Waals surface area contributed by atoms with Gasteiger partial charge in [0.05, 0.1) is 12.2 Å². The standard InChI is InChI=1S/C12H25N3O/c1-11(2)9-15(6-7-16-11)12(8-13)4-5-14(3)10-12/h4-10,13H2,1-3H3. The lowest BCUT2D eigenvalue weighted by Crippen LogP contribution is -2.62. The summed E-state index contributed by atoms with van der Waals surface area (Å²) in [6.07, 6.45) is 1.19. The normalized spacial score (nSPS) is 36.8. The monoisotopic (exact) mass is 227 g/mol. The van der Waals surface area contributed by atoms with E-state index >= 15 is 0 Å². The van der Waals surface area contributed by atoms with Crippen molar-refractivity contribution < 1.29 is 4.74 Å². The van der Waals surface area contributed by atoms with E-state index in [0.717, 1.165) is 39.3 Å². The van der Waals surface area contributed by atoms with Gasteiger partial charge in [0.15, 0.2) is 0 Å². The van der Waals surface area contributed by atoms with Gasteiger partial charge < -0.3 is 15.4 Å². The molecule has 2 heterocycles. The molecule has 94 valence electrons. The fraction of sp³-hybridized carbons (Fsp3) is 1.00. The Morgan fingerprint density at radius 1 is 1.25 bits per heavy atom. The fourth-order valence-corrected chi connectivity index (χ4v) is 3.03. The molecule has 2 rings (SSSR count). The quantitative estimate of drug-likeness (QED) is 0.728. The minimum absolute atomic E-state index is 0.0262. The van der Waals surface area contributed by atoms with E-state index in [-0.39, 0.29) is 11.1 Å². The van der Waals surface area contributed by atoms with Crippen molar-refractivity contribution in [3.8, 4) is 0 Å². The van der Waals surface area contributed by atoms with Crippen LogP contribution in [0.2, 0.25) is 0 Å². The minimum atomic E-state index is -0.0262. The molecule has 0 saturated carbocycles. The SMILES string of the molecule is CN1CCC(CN)(N2CCOC(C)(C)C2)C1. The number of likely N-dealkylation sites (N-methyl/N-ethyl adjacent to an activating group) is 1. The topological polar surface area (TPSA) is 41.7 Å². The lowest BCUT2D eigenvalue weighted by molar-refractivity contribution is -0.113. The molecule has 0 aromatic rings. The summed E-state index contributed by atoms with van der Waals surface area (Å²) in [6, 6.07) is 0. The highest BCUT2D eigenvalue weighted by Gasteiger charge is 2.44. The Labute approximate surface area is 98.7 Å². The van der Waals surface area contributed by atoms with Crippen molar-refractivity contribution >= 4 is 0 Å². The van der Waals surface area contributed by atoms with Crippen LogP contribution < -0.4 is 5.73 Å². The van der Waals surface area contributed by atoms with E-state index in [4.69, 9.17) is 10.5 Å². The van der Waals surface area contributed by atoms with Gasteiger partial charge in [-0.05, 0) is 33.9 Å². The molecule has 0 spiro atoms. The summed E-state index contributed by atoms with van der Waals surface area (Å²) in [5.41, 5.74) is 6.21. The van der Waals surface area contributed by atoms with E-state index in [0.29, 0.717) is 0 Å². The molecule has 2 saturated heterocycles. The second kappa shape index (κ2) is 4.26. The van der Waals surface area contributed by atoms with Crippen molar-refractivity contribution in [2.75, 3.05) is 46.4 Å². The molecule has 1 atom stereocenters. The maximum absolute atomic E-state index is 6.04. The molecule has 4 nitrogen and oxygen atoms in total. The first-order chi connectivity index (χ1) is 7.47. The van der Waals surface area contributed by atoms with Gasteiger partial charge in [-0.15, -0.1) is 0 Å². The fourth-order valence-electron chi connectivity index (χ4n) is 3.03. The van der Waals surface area contributed by atoms with Crippen molar-refractivity contribution in [1.29, 1.82) is 0 Å². The highest BCUT2D eigenvalue weighted by atomic mass is 16.5. The number of nitrogens with two attached hydrogens (primary N) is 1. The average Bonchev–Trinajstić information content (AvgIpc) is 2.60. The number of rotatable bonds is 2. The first kappa shape index (κ1) is 12.3. The zero-order chi connectivity index (χ0) is 11.8. The average molecular weight is 227 g/mol. The molecule has 0 aromatic heterocycles. The van der Waals surface area contributed by atoms with Gasteiger partial charge in [0, 0.05) is 31.7 Å². The largest absolute Gasteiger partial charge is 0.373 e. The smallest absolute Gasteiger partial charge is 0.0753 e. The highest BCUT2D eigenvalue weighted by Crippen LogP contribution is 2.30. The molecule has 16 heavy (non-hydrogen) atoms. The van der Waals surface area contributed by atoms with Gasteiger partial charge in [-0.2, -0.15) is 0 Å². The summed E-state index contributed by atoms with van der Waals surface area (Å²) in [7, 11) is 2.18. The lowest BCUT2D eigenvalue weighted by atomic mass is 9.93. The number of ether oxygens (including phenoxy) is 1. The highest BCUT2D eigenvalue weighted by molar-refractivity contribution is 5.01. The van der Waals surface area contributed by atoms with Crippen LogP contribution in [0.3, 0.4) is 0 Å². The molecular formula is C12H25N3O. The minimum Gasteiger partial charge on any atom is -0.373 e. The van der Waals surface area contributed by atoms with Crippen LogP contribution in [0, 0.1) is 0 Å². The molecule has 1 unspecified atom stereocenters. The van der Waals surface area contributed by atoms with Gasteiger partial charge in [-0.1, -0.05) is 0 Å². The van der Waals surface area contributed by atoms with Crippen LogP contribution >= 0.6 is 0 Å². The van der Waals surface area contributed by atoms with Crippen LogP contribution in [-0.4, -0.2) is 67.3 Å². The van der Waals surface area contributed by atoms with Gasteiger partial charge in [0.2, 0.25) is 0 Å². The van der Waals surface area contributed by atoms with Crippen LogP contribution in [0.25, 0.3) is 0 Å². The maximum atomic E-state index is 6.04. The molecule has 2 aliphatic rings. The summed E-state index contributed by atoms with van der Waals surface area (Å²) < 4.78 is 5.78. The van der Waals surface area contributed by atoms with Gasteiger partial charge in [-0.3, -0.25) is 4.90 Å².